The van der Waals surface area contributed by atoms with Gasteiger partial charge in [0.1, 0.15) is 5.75 Å². The summed E-state index contributed by atoms with van der Waals surface area (Å²) in [5.74, 6) is 2.98. The third-order valence-electron chi connectivity index (χ3n) is 7.14. The van der Waals surface area contributed by atoms with E-state index in [1.807, 2.05) is 22.7 Å². The fraction of sp³-hybridized carbons (Fsp3) is 0.586. The third kappa shape index (κ3) is 6.60. The predicted molar refractivity (Wildman–Crippen MR) is 143 cm³/mol. The Kier molecular flexibility index (Phi) is 9.11. The second-order valence-corrected chi connectivity index (χ2v) is 12.0. The minimum absolute atomic E-state index is 0.813. The van der Waals surface area contributed by atoms with Crippen LogP contribution >= 0.6 is 22.7 Å². The van der Waals surface area contributed by atoms with Crippen molar-refractivity contribution >= 4 is 32.1 Å². The Bertz CT molecular complexity index is 896. The predicted octanol–water partition coefficient (Wildman–Crippen LogP) is 10.1. The zero-order chi connectivity index (χ0) is 22.2. The van der Waals surface area contributed by atoms with Gasteiger partial charge in [-0.1, -0.05) is 71.6 Å². The van der Waals surface area contributed by atoms with E-state index in [0.29, 0.717) is 0 Å². The van der Waals surface area contributed by atoms with Crippen molar-refractivity contribution in [2.75, 3.05) is 6.61 Å². The van der Waals surface area contributed by atoms with E-state index in [1.165, 1.54) is 90.5 Å². The molecule has 174 valence electrons. The Morgan fingerprint density at radius 3 is 2.16 bits per heavy atom. The highest BCUT2D eigenvalue weighted by Gasteiger charge is 2.21. The van der Waals surface area contributed by atoms with Crippen molar-refractivity contribution in [3.05, 3.63) is 41.3 Å². The van der Waals surface area contributed by atoms with Crippen LogP contribution in [0.1, 0.15) is 89.4 Å². The van der Waals surface area contributed by atoms with E-state index in [4.69, 9.17) is 4.74 Å². The van der Waals surface area contributed by atoms with Crippen LogP contribution in [0.5, 0.6) is 5.75 Å². The maximum Gasteiger partial charge on any atom is 0.119 e. The van der Waals surface area contributed by atoms with Gasteiger partial charge in [0.05, 0.1) is 6.61 Å². The first-order valence-corrected chi connectivity index (χ1v) is 14.6. The van der Waals surface area contributed by atoms with E-state index in [0.717, 1.165) is 30.6 Å². The van der Waals surface area contributed by atoms with Crippen molar-refractivity contribution in [2.45, 2.75) is 90.9 Å². The molecule has 0 N–H and O–H groups in total. The Morgan fingerprint density at radius 1 is 0.781 bits per heavy atom. The summed E-state index contributed by atoms with van der Waals surface area (Å²) in [7, 11) is 0. The average molecular weight is 469 g/mol. The SMILES string of the molecule is CCCCCC1CCC(CCc2cc3sc(-c4ccc(OCCCC)cc4)cc3s2)CC1. The van der Waals surface area contributed by atoms with Gasteiger partial charge in [-0.25, -0.2) is 0 Å². The Labute approximate surface area is 203 Å². The highest BCUT2D eigenvalue weighted by Crippen LogP contribution is 2.40. The molecule has 0 atom stereocenters. The summed E-state index contributed by atoms with van der Waals surface area (Å²) in [5.41, 5.74) is 1.30. The molecular formula is C29H40OS2. The number of hydrogen-bond acceptors (Lipinski definition) is 3. The van der Waals surface area contributed by atoms with E-state index >= 15 is 0 Å². The van der Waals surface area contributed by atoms with Crippen molar-refractivity contribution in [2.24, 2.45) is 11.8 Å². The van der Waals surface area contributed by atoms with Crippen LogP contribution in [-0.2, 0) is 6.42 Å². The molecule has 0 unspecified atom stereocenters. The van der Waals surface area contributed by atoms with Crippen LogP contribution in [0.15, 0.2) is 36.4 Å². The fourth-order valence-electron chi connectivity index (χ4n) is 5.04. The first-order chi connectivity index (χ1) is 15.7. The number of unbranched alkanes of at least 4 members (excludes halogenated alkanes) is 3. The molecule has 2 heterocycles. The van der Waals surface area contributed by atoms with Crippen molar-refractivity contribution in [3.8, 4) is 16.2 Å². The molecule has 1 saturated carbocycles. The highest BCUT2D eigenvalue weighted by atomic mass is 32.1. The van der Waals surface area contributed by atoms with Gasteiger partial charge in [0.15, 0.2) is 0 Å². The standard InChI is InChI=1S/C29H40OS2/c1-3-5-7-8-22-9-11-23(12-10-22)13-18-26-20-28-29(31-26)21-27(32-28)24-14-16-25(17-15-24)30-19-6-4-2/h14-17,20-23H,3-13,18-19H2,1-2H3. The van der Waals surface area contributed by atoms with Crippen LogP contribution in [0.2, 0.25) is 0 Å². The van der Waals surface area contributed by atoms with Gasteiger partial charge in [-0.05, 0) is 73.1 Å². The van der Waals surface area contributed by atoms with E-state index in [9.17, 15) is 0 Å². The molecule has 0 aliphatic heterocycles. The summed E-state index contributed by atoms with van der Waals surface area (Å²) in [4.78, 5) is 2.96. The lowest BCUT2D eigenvalue weighted by molar-refractivity contribution is 0.249. The molecule has 1 fully saturated rings. The van der Waals surface area contributed by atoms with E-state index in [-0.39, 0.29) is 0 Å². The number of thiophene rings is 2. The van der Waals surface area contributed by atoms with Crippen LogP contribution in [0.25, 0.3) is 19.8 Å². The lowest BCUT2D eigenvalue weighted by atomic mass is 9.78. The molecule has 1 nitrogen and oxygen atoms in total. The quantitative estimate of drug-likeness (QED) is 0.240. The smallest absolute Gasteiger partial charge is 0.119 e. The van der Waals surface area contributed by atoms with Crippen LogP contribution in [0.3, 0.4) is 0 Å². The highest BCUT2D eigenvalue weighted by molar-refractivity contribution is 7.29. The number of aryl methyl sites for hydroxylation is 1. The van der Waals surface area contributed by atoms with Gasteiger partial charge in [0.25, 0.3) is 0 Å². The van der Waals surface area contributed by atoms with E-state index < -0.39 is 0 Å². The molecule has 3 heteroatoms. The summed E-state index contributed by atoms with van der Waals surface area (Å²) in [6, 6.07) is 13.5. The molecule has 0 bridgehead atoms. The van der Waals surface area contributed by atoms with Crippen molar-refractivity contribution < 1.29 is 4.74 Å². The number of rotatable bonds is 12. The second-order valence-electron chi connectivity index (χ2n) is 9.70. The zero-order valence-electron chi connectivity index (χ0n) is 20.0. The monoisotopic (exact) mass is 468 g/mol. The van der Waals surface area contributed by atoms with Gasteiger partial charge in [-0.2, -0.15) is 0 Å². The number of fused-ring (bicyclic) bond motifs is 1. The summed E-state index contributed by atoms with van der Waals surface area (Å²) >= 11 is 3.96. The van der Waals surface area contributed by atoms with Gasteiger partial charge in [-0.15, -0.1) is 22.7 Å². The minimum atomic E-state index is 0.813. The van der Waals surface area contributed by atoms with Gasteiger partial charge >= 0.3 is 0 Å². The molecule has 0 amide bonds. The van der Waals surface area contributed by atoms with Gasteiger partial charge in [0, 0.05) is 19.2 Å². The van der Waals surface area contributed by atoms with Crippen LogP contribution in [-0.4, -0.2) is 6.61 Å². The van der Waals surface area contributed by atoms with Crippen molar-refractivity contribution in [1.82, 2.24) is 0 Å². The molecule has 32 heavy (non-hydrogen) atoms. The summed E-state index contributed by atoms with van der Waals surface area (Å²) in [6.07, 6.45) is 16.6. The molecule has 4 rings (SSSR count). The van der Waals surface area contributed by atoms with Crippen molar-refractivity contribution in [1.29, 1.82) is 0 Å². The molecule has 0 spiro atoms. The summed E-state index contributed by atoms with van der Waals surface area (Å²) < 4.78 is 8.73. The maximum atomic E-state index is 5.81. The average Bonchev–Trinajstić information content (AvgIpc) is 3.38. The lowest BCUT2D eigenvalue weighted by Crippen LogP contribution is -2.15. The minimum Gasteiger partial charge on any atom is -0.494 e. The molecular weight excluding hydrogens is 428 g/mol. The number of benzene rings is 1. The Balaban J connectivity index is 1.25. The van der Waals surface area contributed by atoms with Gasteiger partial charge in [-0.3, -0.25) is 0 Å². The number of hydrogen-bond donors (Lipinski definition) is 0. The van der Waals surface area contributed by atoms with Crippen LogP contribution < -0.4 is 4.74 Å². The molecule has 1 aliphatic carbocycles. The Hall–Kier alpha value is -1.32. The zero-order valence-corrected chi connectivity index (χ0v) is 21.7. The normalized spacial score (nSPS) is 18.9. The summed E-state index contributed by atoms with van der Waals surface area (Å²) in [5, 5.41) is 0. The lowest BCUT2D eigenvalue weighted by Gasteiger charge is -2.28. The largest absolute Gasteiger partial charge is 0.494 e. The molecule has 3 aromatic rings. The molecule has 2 aromatic heterocycles. The summed E-state index contributed by atoms with van der Waals surface area (Å²) in [6.45, 7) is 5.32. The first kappa shape index (κ1) is 23.8. The maximum absolute atomic E-state index is 5.81. The topological polar surface area (TPSA) is 9.23 Å². The Morgan fingerprint density at radius 2 is 1.47 bits per heavy atom. The molecule has 1 aliphatic rings. The molecule has 0 radical (unpaired) electrons. The fourth-order valence-corrected chi connectivity index (χ4v) is 7.48. The van der Waals surface area contributed by atoms with Crippen LogP contribution in [0, 0.1) is 11.8 Å². The molecule has 0 saturated heterocycles. The first-order valence-electron chi connectivity index (χ1n) is 13.0. The second kappa shape index (κ2) is 12.2. The number of ether oxygens (including phenoxy) is 1. The van der Waals surface area contributed by atoms with Gasteiger partial charge < -0.3 is 4.74 Å². The van der Waals surface area contributed by atoms with Crippen molar-refractivity contribution in [3.63, 3.8) is 0 Å². The molecule has 1 aromatic carbocycles. The van der Waals surface area contributed by atoms with E-state index in [2.05, 4.69) is 50.2 Å². The van der Waals surface area contributed by atoms with E-state index in [1.54, 1.807) is 4.88 Å². The third-order valence-corrected chi connectivity index (χ3v) is 9.55. The van der Waals surface area contributed by atoms with Gasteiger partial charge in [0.2, 0.25) is 0 Å². The van der Waals surface area contributed by atoms with Crippen LogP contribution in [0.4, 0.5) is 0 Å².